The van der Waals surface area contributed by atoms with Gasteiger partial charge in [0.25, 0.3) is 0 Å². The van der Waals surface area contributed by atoms with Crippen LogP contribution in [0.25, 0.3) is 0 Å². The highest BCUT2D eigenvalue weighted by Crippen LogP contribution is 2.31. The first-order chi connectivity index (χ1) is 8.88. The monoisotopic (exact) mass is 305 g/mol. The topological polar surface area (TPSA) is 26.0 Å². The number of halogens is 5. The van der Waals surface area contributed by atoms with Gasteiger partial charge in [0.2, 0.25) is 0 Å². The molecule has 20 heavy (non-hydrogen) atoms. The number of benzene rings is 2. The summed E-state index contributed by atoms with van der Waals surface area (Å²) in [5.41, 5.74) is 6.03. The van der Waals surface area contributed by atoms with Crippen LogP contribution in [-0.4, -0.2) is 0 Å². The van der Waals surface area contributed by atoms with Crippen LogP contribution in [0, 0.1) is 5.82 Å². The predicted octanol–water partition coefficient (Wildman–Crippen LogP) is 4.31. The highest BCUT2D eigenvalue weighted by molar-refractivity contribution is 5.85. The number of nitrogens with two attached hydrogens (primary N) is 1. The van der Waals surface area contributed by atoms with E-state index in [0.29, 0.717) is 11.1 Å². The molecule has 0 bridgehead atoms. The van der Waals surface area contributed by atoms with E-state index in [9.17, 15) is 17.6 Å². The van der Waals surface area contributed by atoms with E-state index in [4.69, 9.17) is 5.73 Å². The molecule has 2 aromatic rings. The summed E-state index contributed by atoms with van der Waals surface area (Å²) in [5, 5.41) is 0. The van der Waals surface area contributed by atoms with Crippen molar-refractivity contribution in [2.75, 3.05) is 0 Å². The number of hydrogen-bond acceptors (Lipinski definition) is 1. The van der Waals surface area contributed by atoms with Gasteiger partial charge >= 0.3 is 6.18 Å². The molecular formula is C14H12ClF4N. The Morgan fingerprint density at radius 2 is 1.50 bits per heavy atom. The molecule has 0 aromatic heterocycles. The van der Waals surface area contributed by atoms with Gasteiger partial charge in [-0.25, -0.2) is 4.39 Å². The summed E-state index contributed by atoms with van der Waals surface area (Å²) >= 11 is 0. The molecule has 0 radical (unpaired) electrons. The van der Waals surface area contributed by atoms with Gasteiger partial charge in [0.1, 0.15) is 5.82 Å². The first kappa shape index (κ1) is 16.5. The third kappa shape index (κ3) is 3.71. The molecule has 0 heterocycles. The van der Waals surface area contributed by atoms with E-state index in [1.54, 1.807) is 0 Å². The number of rotatable bonds is 2. The third-order valence-electron chi connectivity index (χ3n) is 2.80. The summed E-state index contributed by atoms with van der Waals surface area (Å²) in [5.74, 6) is -0.417. The minimum Gasteiger partial charge on any atom is -0.320 e. The molecule has 0 fully saturated rings. The maximum atomic E-state index is 12.8. The first-order valence-corrected chi connectivity index (χ1v) is 5.56. The van der Waals surface area contributed by atoms with Crippen molar-refractivity contribution in [3.8, 4) is 0 Å². The Morgan fingerprint density at radius 3 is 2.05 bits per heavy atom. The van der Waals surface area contributed by atoms with Crippen LogP contribution in [0.1, 0.15) is 22.7 Å². The molecular weight excluding hydrogens is 294 g/mol. The van der Waals surface area contributed by atoms with Gasteiger partial charge < -0.3 is 5.73 Å². The second-order valence-electron chi connectivity index (χ2n) is 4.15. The van der Waals surface area contributed by atoms with Crippen molar-refractivity contribution >= 4 is 12.4 Å². The van der Waals surface area contributed by atoms with Crippen molar-refractivity contribution in [3.05, 3.63) is 71.0 Å². The van der Waals surface area contributed by atoms with Crippen molar-refractivity contribution in [3.63, 3.8) is 0 Å². The molecule has 0 aliphatic heterocycles. The van der Waals surface area contributed by atoms with Gasteiger partial charge in [-0.3, -0.25) is 0 Å². The summed E-state index contributed by atoms with van der Waals surface area (Å²) in [7, 11) is 0. The molecule has 2 aromatic carbocycles. The summed E-state index contributed by atoms with van der Waals surface area (Å²) in [6, 6.07) is 9.47. The van der Waals surface area contributed by atoms with Crippen LogP contribution >= 0.6 is 12.4 Å². The molecule has 2 rings (SSSR count). The van der Waals surface area contributed by atoms with Gasteiger partial charge in [0.15, 0.2) is 0 Å². The Labute approximate surface area is 119 Å². The maximum absolute atomic E-state index is 12.8. The molecule has 0 spiro atoms. The average Bonchev–Trinajstić information content (AvgIpc) is 2.38. The zero-order valence-corrected chi connectivity index (χ0v) is 11.0. The Balaban J connectivity index is 0.00000200. The van der Waals surface area contributed by atoms with Gasteiger partial charge in [-0.15, -0.1) is 12.4 Å². The van der Waals surface area contributed by atoms with Crippen LogP contribution in [0.3, 0.4) is 0 Å². The van der Waals surface area contributed by atoms with Gasteiger partial charge in [-0.1, -0.05) is 24.3 Å². The van der Waals surface area contributed by atoms with Gasteiger partial charge in [0, 0.05) is 0 Å². The molecule has 0 aliphatic rings. The largest absolute Gasteiger partial charge is 0.416 e. The van der Waals surface area contributed by atoms with Crippen LogP contribution in [0.2, 0.25) is 0 Å². The van der Waals surface area contributed by atoms with Crippen molar-refractivity contribution in [1.82, 2.24) is 0 Å². The van der Waals surface area contributed by atoms with E-state index in [0.717, 1.165) is 12.1 Å². The second-order valence-corrected chi connectivity index (χ2v) is 4.15. The molecule has 6 heteroatoms. The lowest BCUT2D eigenvalue weighted by molar-refractivity contribution is -0.137. The Kier molecular flexibility index (Phi) is 5.14. The first-order valence-electron chi connectivity index (χ1n) is 5.56. The minimum atomic E-state index is -4.40. The smallest absolute Gasteiger partial charge is 0.320 e. The average molecular weight is 306 g/mol. The van der Waals surface area contributed by atoms with E-state index in [2.05, 4.69) is 0 Å². The molecule has 0 saturated carbocycles. The van der Waals surface area contributed by atoms with E-state index >= 15 is 0 Å². The van der Waals surface area contributed by atoms with Crippen LogP contribution in [0.15, 0.2) is 48.5 Å². The lowest BCUT2D eigenvalue weighted by Gasteiger charge is -2.15. The molecule has 1 atom stereocenters. The molecule has 2 N–H and O–H groups in total. The van der Waals surface area contributed by atoms with E-state index in [1.807, 2.05) is 0 Å². The summed E-state index contributed by atoms with van der Waals surface area (Å²) in [6.07, 6.45) is -4.40. The highest BCUT2D eigenvalue weighted by Gasteiger charge is 2.30. The quantitative estimate of drug-likeness (QED) is 0.822. The summed E-state index contributed by atoms with van der Waals surface area (Å²) in [6.45, 7) is 0. The Morgan fingerprint density at radius 1 is 0.900 bits per heavy atom. The van der Waals surface area contributed by atoms with Crippen LogP contribution in [0.5, 0.6) is 0 Å². The second kappa shape index (κ2) is 6.24. The lowest BCUT2D eigenvalue weighted by Crippen LogP contribution is -2.13. The van der Waals surface area contributed by atoms with Crippen molar-refractivity contribution in [2.45, 2.75) is 12.2 Å². The SMILES string of the molecule is Cl.NC(c1ccc(F)cc1)c1cccc(C(F)(F)F)c1. The Hall–Kier alpha value is -1.59. The molecule has 1 nitrogen and oxygen atoms in total. The molecule has 108 valence electrons. The Bertz CT molecular complexity index is 566. The van der Waals surface area contributed by atoms with Crippen LogP contribution in [0.4, 0.5) is 17.6 Å². The fraction of sp³-hybridized carbons (Fsp3) is 0.143. The van der Waals surface area contributed by atoms with Crippen LogP contribution in [-0.2, 0) is 6.18 Å². The van der Waals surface area contributed by atoms with E-state index in [1.165, 1.54) is 36.4 Å². The standard InChI is InChI=1S/C14H11F4N.ClH/c15-12-6-4-9(5-7-12)13(19)10-2-1-3-11(8-10)14(16,17)18;/h1-8,13H,19H2;1H. The minimum absolute atomic E-state index is 0. The molecule has 0 aliphatic carbocycles. The zero-order valence-electron chi connectivity index (χ0n) is 10.2. The highest BCUT2D eigenvalue weighted by atomic mass is 35.5. The molecule has 0 saturated heterocycles. The predicted molar refractivity (Wildman–Crippen MR) is 71.1 cm³/mol. The molecule has 0 amide bonds. The fourth-order valence-electron chi connectivity index (χ4n) is 1.77. The molecule has 1 unspecified atom stereocenters. The van der Waals surface area contributed by atoms with Gasteiger partial charge in [-0.05, 0) is 35.4 Å². The van der Waals surface area contributed by atoms with Gasteiger partial charge in [-0.2, -0.15) is 13.2 Å². The summed E-state index contributed by atoms with van der Waals surface area (Å²) in [4.78, 5) is 0. The van der Waals surface area contributed by atoms with Crippen molar-refractivity contribution < 1.29 is 17.6 Å². The van der Waals surface area contributed by atoms with E-state index < -0.39 is 23.6 Å². The fourth-order valence-corrected chi connectivity index (χ4v) is 1.77. The summed E-state index contributed by atoms with van der Waals surface area (Å²) < 4.78 is 50.6. The van der Waals surface area contributed by atoms with Crippen molar-refractivity contribution in [2.24, 2.45) is 5.73 Å². The third-order valence-corrected chi connectivity index (χ3v) is 2.80. The van der Waals surface area contributed by atoms with E-state index in [-0.39, 0.29) is 12.4 Å². The van der Waals surface area contributed by atoms with Gasteiger partial charge in [0.05, 0.1) is 11.6 Å². The normalized spacial score (nSPS) is 12.7. The number of hydrogen-bond donors (Lipinski definition) is 1. The zero-order chi connectivity index (χ0) is 14.0. The maximum Gasteiger partial charge on any atom is 0.416 e. The number of alkyl halides is 3. The van der Waals surface area contributed by atoms with Crippen molar-refractivity contribution in [1.29, 1.82) is 0 Å². The lowest BCUT2D eigenvalue weighted by atomic mass is 9.98. The van der Waals surface area contributed by atoms with Crippen LogP contribution < -0.4 is 5.73 Å².